The van der Waals surface area contributed by atoms with Gasteiger partial charge in [0, 0.05) is 12.6 Å². The lowest BCUT2D eigenvalue weighted by atomic mass is 9.70. The summed E-state index contributed by atoms with van der Waals surface area (Å²) in [6.07, 6.45) is 11.9. The van der Waals surface area contributed by atoms with E-state index < -0.39 is 0 Å². The van der Waals surface area contributed by atoms with Gasteiger partial charge in [0.05, 0.1) is 6.54 Å². The molecular formula is C16H27N3. The van der Waals surface area contributed by atoms with Crippen molar-refractivity contribution < 1.29 is 0 Å². The first-order valence-electron chi connectivity index (χ1n) is 8.46. The summed E-state index contributed by atoms with van der Waals surface area (Å²) in [7, 11) is 0. The second kappa shape index (κ2) is 4.99. The molecule has 3 saturated carbocycles. The van der Waals surface area contributed by atoms with Gasteiger partial charge in [-0.05, 0) is 42.9 Å². The molecule has 106 valence electrons. The van der Waals surface area contributed by atoms with Crippen molar-refractivity contribution in [2.45, 2.75) is 57.4 Å². The third kappa shape index (κ3) is 2.15. The lowest BCUT2D eigenvalue weighted by Gasteiger charge is -2.39. The molecule has 0 saturated heterocycles. The van der Waals surface area contributed by atoms with E-state index in [0.29, 0.717) is 0 Å². The van der Waals surface area contributed by atoms with Gasteiger partial charge in [-0.25, -0.2) is 0 Å². The van der Waals surface area contributed by atoms with Gasteiger partial charge in [0.25, 0.3) is 0 Å². The number of fused-ring (bicyclic) bond motifs is 2. The molecule has 2 bridgehead atoms. The number of nitrogens with one attached hydrogen (secondary N) is 2. The zero-order valence-corrected chi connectivity index (χ0v) is 11.9. The van der Waals surface area contributed by atoms with Gasteiger partial charge in [-0.15, -0.1) is 0 Å². The Kier molecular flexibility index (Phi) is 3.16. The van der Waals surface area contributed by atoms with Gasteiger partial charge in [0.2, 0.25) is 0 Å². The van der Waals surface area contributed by atoms with E-state index in [-0.39, 0.29) is 0 Å². The first kappa shape index (κ1) is 12.0. The van der Waals surface area contributed by atoms with E-state index in [4.69, 9.17) is 0 Å². The van der Waals surface area contributed by atoms with Gasteiger partial charge in [-0.3, -0.25) is 4.99 Å². The predicted octanol–water partition coefficient (Wildman–Crippen LogP) is 2.53. The SMILES string of the molecule is C1CCC(C2C3CCC(C3)C2NC2=NCCN2)CC1. The van der Waals surface area contributed by atoms with E-state index in [9.17, 15) is 0 Å². The monoisotopic (exact) mass is 261 g/mol. The zero-order valence-electron chi connectivity index (χ0n) is 11.9. The van der Waals surface area contributed by atoms with Crippen molar-refractivity contribution in [1.82, 2.24) is 10.6 Å². The number of aliphatic imine (C=N–C) groups is 1. The van der Waals surface area contributed by atoms with Gasteiger partial charge in [-0.1, -0.05) is 32.1 Å². The molecule has 3 aliphatic carbocycles. The van der Waals surface area contributed by atoms with Crippen molar-refractivity contribution >= 4 is 5.96 Å². The van der Waals surface area contributed by atoms with E-state index >= 15 is 0 Å². The van der Waals surface area contributed by atoms with Gasteiger partial charge < -0.3 is 10.6 Å². The number of guanidine groups is 1. The fourth-order valence-corrected chi connectivity index (χ4v) is 5.40. The lowest BCUT2D eigenvalue weighted by Crippen LogP contribution is -2.49. The maximum atomic E-state index is 4.56. The highest BCUT2D eigenvalue weighted by atomic mass is 15.2. The molecule has 3 heteroatoms. The van der Waals surface area contributed by atoms with Gasteiger partial charge in [-0.2, -0.15) is 0 Å². The molecule has 0 amide bonds. The van der Waals surface area contributed by atoms with Crippen molar-refractivity contribution in [3.8, 4) is 0 Å². The molecule has 0 aromatic rings. The summed E-state index contributed by atoms with van der Waals surface area (Å²) in [6, 6.07) is 0.728. The zero-order chi connectivity index (χ0) is 12.7. The van der Waals surface area contributed by atoms with Crippen LogP contribution in [0.15, 0.2) is 4.99 Å². The Labute approximate surface area is 116 Å². The van der Waals surface area contributed by atoms with Crippen LogP contribution in [0.25, 0.3) is 0 Å². The van der Waals surface area contributed by atoms with Crippen molar-refractivity contribution in [2.24, 2.45) is 28.7 Å². The molecule has 2 N–H and O–H groups in total. The molecule has 0 aromatic carbocycles. The number of nitrogens with zero attached hydrogens (tertiary/aromatic N) is 1. The average molecular weight is 261 g/mol. The maximum Gasteiger partial charge on any atom is 0.191 e. The standard InChI is InChI=1S/C16H27N3/c1-2-4-11(5-3-1)14-12-6-7-13(10-12)15(14)19-16-17-8-9-18-16/h11-15H,1-10H2,(H2,17,18,19). The predicted molar refractivity (Wildman–Crippen MR) is 78.1 cm³/mol. The van der Waals surface area contributed by atoms with Crippen LogP contribution in [0.4, 0.5) is 0 Å². The summed E-state index contributed by atoms with van der Waals surface area (Å²) in [6.45, 7) is 1.98. The number of hydrogen-bond acceptors (Lipinski definition) is 3. The van der Waals surface area contributed by atoms with Crippen LogP contribution >= 0.6 is 0 Å². The summed E-state index contributed by atoms with van der Waals surface area (Å²) in [5.41, 5.74) is 0. The molecule has 0 radical (unpaired) electrons. The largest absolute Gasteiger partial charge is 0.355 e. The molecule has 3 nitrogen and oxygen atoms in total. The maximum absolute atomic E-state index is 4.56. The Hall–Kier alpha value is -0.730. The van der Waals surface area contributed by atoms with E-state index in [1.54, 1.807) is 0 Å². The van der Waals surface area contributed by atoms with Crippen LogP contribution in [0, 0.1) is 23.7 Å². The lowest BCUT2D eigenvalue weighted by molar-refractivity contribution is 0.148. The Balaban J connectivity index is 1.49. The average Bonchev–Trinajstić information content (AvgIpc) is 3.16. The van der Waals surface area contributed by atoms with E-state index in [1.165, 1.54) is 51.4 Å². The summed E-state index contributed by atoms with van der Waals surface area (Å²) < 4.78 is 0. The first-order valence-corrected chi connectivity index (χ1v) is 8.46. The minimum absolute atomic E-state index is 0.728. The van der Waals surface area contributed by atoms with Crippen LogP contribution in [0.2, 0.25) is 0 Å². The molecule has 0 aromatic heterocycles. The third-order valence-corrected chi connectivity index (χ3v) is 6.15. The Morgan fingerprint density at radius 3 is 2.58 bits per heavy atom. The summed E-state index contributed by atoms with van der Waals surface area (Å²) in [5.74, 6) is 5.00. The van der Waals surface area contributed by atoms with E-state index in [0.717, 1.165) is 48.8 Å². The fourth-order valence-electron chi connectivity index (χ4n) is 5.40. The molecule has 4 aliphatic rings. The Bertz CT molecular complexity index is 359. The van der Waals surface area contributed by atoms with Crippen molar-refractivity contribution in [3.05, 3.63) is 0 Å². The first-order chi connectivity index (χ1) is 9.42. The molecule has 3 fully saturated rings. The fraction of sp³-hybridized carbons (Fsp3) is 0.938. The minimum atomic E-state index is 0.728. The molecule has 4 rings (SSSR count). The Morgan fingerprint density at radius 2 is 1.79 bits per heavy atom. The van der Waals surface area contributed by atoms with Gasteiger partial charge >= 0.3 is 0 Å². The molecule has 4 atom stereocenters. The van der Waals surface area contributed by atoms with Gasteiger partial charge in [0.1, 0.15) is 0 Å². The van der Waals surface area contributed by atoms with E-state index in [2.05, 4.69) is 15.6 Å². The second-order valence-electron chi connectivity index (χ2n) is 7.14. The highest BCUT2D eigenvalue weighted by molar-refractivity contribution is 5.81. The molecule has 19 heavy (non-hydrogen) atoms. The minimum Gasteiger partial charge on any atom is -0.355 e. The van der Waals surface area contributed by atoms with Crippen LogP contribution in [0.1, 0.15) is 51.4 Å². The summed E-state index contributed by atoms with van der Waals surface area (Å²) >= 11 is 0. The van der Waals surface area contributed by atoms with Crippen LogP contribution in [-0.2, 0) is 0 Å². The quantitative estimate of drug-likeness (QED) is 0.801. The van der Waals surface area contributed by atoms with Crippen molar-refractivity contribution in [1.29, 1.82) is 0 Å². The van der Waals surface area contributed by atoms with Crippen LogP contribution in [-0.4, -0.2) is 25.1 Å². The Morgan fingerprint density at radius 1 is 0.947 bits per heavy atom. The molecule has 1 heterocycles. The topological polar surface area (TPSA) is 36.4 Å². The smallest absolute Gasteiger partial charge is 0.191 e. The molecule has 4 unspecified atom stereocenters. The van der Waals surface area contributed by atoms with Gasteiger partial charge in [0.15, 0.2) is 5.96 Å². The number of rotatable bonds is 2. The van der Waals surface area contributed by atoms with Crippen LogP contribution in [0.5, 0.6) is 0 Å². The molecular weight excluding hydrogens is 234 g/mol. The normalized spacial score (nSPS) is 42.2. The second-order valence-corrected chi connectivity index (χ2v) is 7.14. The van der Waals surface area contributed by atoms with Crippen LogP contribution < -0.4 is 10.6 Å². The number of hydrogen-bond donors (Lipinski definition) is 2. The van der Waals surface area contributed by atoms with Crippen molar-refractivity contribution in [2.75, 3.05) is 13.1 Å². The summed E-state index contributed by atoms with van der Waals surface area (Å²) in [5, 5.41) is 7.20. The highest BCUT2D eigenvalue weighted by Crippen LogP contribution is 2.53. The van der Waals surface area contributed by atoms with Crippen molar-refractivity contribution in [3.63, 3.8) is 0 Å². The van der Waals surface area contributed by atoms with Crippen LogP contribution in [0.3, 0.4) is 0 Å². The highest BCUT2D eigenvalue weighted by Gasteiger charge is 2.50. The molecule has 0 spiro atoms. The third-order valence-electron chi connectivity index (χ3n) is 6.15. The summed E-state index contributed by atoms with van der Waals surface area (Å²) in [4.78, 5) is 4.56. The molecule has 1 aliphatic heterocycles. The van der Waals surface area contributed by atoms with E-state index in [1.807, 2.05) is 0 Å².